The Kier molecular flexibility index (Phi) is 5.59. The lowest BCUT2D eigenvalue weighted by molar-refractivity contribution is -0.384. The Balaban J connectivity index is 2.15. The number of nitrogens with one attached hydrogen (secondary N) is 2. The number of ether oxygens (including phenoxy) is 1. The number of hydrogen-bond donors (Lipinski definition) is 2. The summed E-state index contributed by atoms with van der Waals surface area (Å²) in [6.07, 6.45) is 0. The average Bonchev–Trinajstić information content (AvgIpc) is 2.56. The molecule has 0 aliphatic rings. The van der Waals surface area contributed by atoms with Gasteiger partial charge < -0.3 is 15.4 Å². The zero-order valence-corrected chi connectivity index (χ0v) is 14.6. The van der Waals surface area contributed by atoms with E-state index in [1.54, 1.807) is 6.07 Å². The minimum absolute atomic E-state index is 0.108. The second-order valence-electron chi connectivity index (χ2n) is 5.82. The fourth-order valence-corrected chi connectivity index (χ4v) is 2.55. The normalized spacial score (nSPS) is 11.5. The van der Waals surface area contributed by atoms with Gasteiger partial charge in [-0.05, 0) is 44.0 Å². The summed E-state index contributed by atoms with van der Waals surface area (Å²) in [6.45, 7) is 5.82. The zero-order valence-electron chi connectivity index (χ0n) is 14.6. The minimum Gasteiger partial charge on any atom is -0.496 e. The monoisotopic (exact) mass is 343 g/mol. The molecule has 0 bridgehead atoms. The van der Waals surface area contributed by atoms with Gasteiger partial charge in [0.05, 0.1) is 24.1 Å². The van der Waals surface area contributed by atoms with Gasteiger partial charge in [-0.25, -0.2) is 4.79 Å². The van der Waals surface area contributed by atoms with E-state index < -0.39 is 11.0 Å². The molecule has 0 radical (unpaired) electrons. The number of benzene rings is 2. The second kappa shape index (κ2) is 7.65. The molecule has 2 rings (SSSR count). The minimum atomic E-state index is -0.563. The highest BCUT2D eigenvalue weighted by atomic mass is 16.6. The van der Waals surface area contributed by atoms with Gasteiger partial charge in [0, 0.05) is 0 Å². The van der Waals surface area contributed by atoms with Crippen LogP contribution in [0.5, 0.6) is 5.75 Å². The molecule has 7 nitrogen and oxygen atoms in total. The average molecular weight is 343 g/mol. The first-order chi connectivity index (χ1) is 11.8. The van der Waals surface area contributed by atoms with Crippen molar-refractivity contribution in [3.63, 3.8) is 0 Å². The van der Waals surface area contributed by atoms with Crippen molar-refractivity contribution >= 4 is 17.4 Å². The Morgan fingerprint density at radius 3 is 2.56 bits per heavy atom. The summed E-state index contributed by atoms with van der Waals surface area (Å²) >= 11 is 0. The number of carbonyl (C=O) groups excluding carboxylic acids is 1. The van der Waals surface area contributed by atoms with E-state index in [2.05, 4.69) is 10.6 Å². The third-order valence-corrected chi connectivity index (χ3v) is 3.90. The van der Waals surface area contributed by atoms with Gasteiger partial charge in [0.2, 0.25) is 0 Å². The van der Waals surface area contributed by atoms with E-state index >= 15 is 0 Å². The van der Waals surface area contributed by atoms with Crippen LogP contribution < -0.4 is 15.4 Å². The van der Waals surface area contributed by atoms with Gasteiger partial charge in [0.1, 0.15) is 11.4 Å². The summed E-state index contributed by atoms with van der Waals surface area (Å²) in [4.78, 5) is 22.9. The van der Waals surface area contributed by atoms with Gasteiger partial charge in [0.15, 0.2) is 0 Å². The van der Waals surface area contributed by atoms with Crippen LogP contribution in [0.25, 0.3) is 0 Å². The molecule has 132 valence electrons. The zero-order chi connectivity index (χ0) is 18.6. The number of urea groups is 1. The summed E-state index contributed by atoms with van der Waals surface area (Å²) in [7, 11) is 1.42. The fraction of sp³-hybridized carbons (Fsp3) is 0.278. The number of rotatable bonds is 5. The molecule has 2 amide bonds. The van der Waals surface area contributed by atoms with Crippen LogP contribution in [0.3, 0.4) is 0 Å². The Morgan fingerprint density at radius 1 is 1.20 bits per heavy atom. The highest BCUT2D eigenvalue weighted by molar-refractivity contribution is 5.92. The third kappa shape index (κ3) is 4.47. The number of amides is 2. The number of anilines is 1. The number of nitro groups is 1. The maximum absolute atomic E-state index is 12.2. The first-order valence-corrected chi connectivity index (χ1v) is 7.79. The number of methoxy groups -OCH3 is 1. The van der Waals surface area contributed by atoms with Crippen LogP contribution in [0.2, 0.25) is 0 Å². The highest BCUT2D eigenvalue weighted by Crippen LogP contribution is 2.29. The standard InChI is InChI=1S/C18H21N3O4/c1-11-5-6-12(2)15(9-11)13(3)19-18(22)20-16-8-7-14(25-4)10-17(16)21(23)24/h5-10,13H,1-4H3,(H2,19,20,22). The molecule has 0 spiro atoms. The van der Waals surface area contributed by atoms with E-state index in [0.29, 0.717) is 5.75 Å². The number of carbonyl (C=O) groups is 1. The number of nitro benzene ring substituents is 1. The molecule has 25 heavy (non-hydrogen) atoms. The summed E-state index contributed by atoms with van der Waals surface area (Å²) < 4.78 is 4.98. The first kappa shape index (κ1) is 18.3. The molecule has 2 aromatic carbocycles. The molecule has 0 fully saturated rings. The predicted molar refractivity (Wildman–Crippen MR) is 96.1 cm³/mol. The molecule has 0 aromatic heterocycles. The predicted octanol–water partition coefficient (Wildman–Crippen LogP) is 4.10. The number of aryl methyl sites for hydroxylation is 2. The molecule has 1 unspecified atom stereocenters. The van der Waals surface area contributed by atoms with Crippen molar-refractivity contribution in [2.75, 3.05) is 12.4 Å². The number of hydrogen-bond acceptors (Lipinski definition) is 4. The largest absolute Gasteiger partial charge is 0.496 e. The molecule has 0 aliphatic carbocycles. The Bertz CT molecular complexity index is 805. The van der Waals surface area contributed by atoms with Gasteiger partial charge in [-0.1, -0.05) is 23.8 Å². The van der Waals surface area contributed by atoms with Crippen molar-refractivity contribution in [3.05, 3.63) is 63.2 Å². The molecule has 0 heterocycles. The van der Waals surface area contributed by atoms with E-state index in [1.165, 1.54) is 19.2 Å². The van der Waals surface area contributed by atoms with Gasteiger partial charge >= 0.3 is 6.03 Å². The highest BCUT2D eigenvalue weighted by Gasteiger charge is 2.18. The Morgan fingerprint density at radius 2 is 1.92 bits per heavy atom. The lowest BCUT2D eigenvalue weighted by Crippen LogP contribution is -2.31. The molecule has 0 saturated heterocycles. The van der Waals surface area contributed by atoms with E-state index in [-0.39, 0.29) is 17.4 Å². The molecule has 7 heteroatoms. The van der Waals surface area contributed by atoms with E-state index in [4.69, 9.17) is 4.74 Å². The molecular weight excluding hydrogens is 322 g/mol. The maximum Gasteiger partial charge on any atom is 0.319 e. The molecular formula is C18H21N3O4. The SMILES string of the molecule is COc1ccc(NC(=O)NC(C)c2cc(C)ccc2C)c([N+](=O)[O-])c1. The van der Waals surface area contributed by atoms with Crippen molar-refractivity contribution in [1.29, 1.82) is 0 Å². The Labute approximate surface area is 146 Å². The summed E-state index contributed by atoms with van der Waals surface area (Å²) in [5.74, 6) is 0.349. The maximum atomic E-state index is 12.2. The lowest BCUT2D eigenvalue weighted by Gasteiger charge is -2.18. The van der Waals surface area contributed by atoms with Crippen LogP contribution in [0.1, 0.15) is 29.7 Å². The van der Waals surface area contributed by atoms with Crippen molar-refractivity contribution in [2.45, 2.75) is 26.8 Å². The molecule has 2 N–H and O–H groups in total. The van der Waals surface area contributed by atoms with Crippen molar-refractivity contribution in [3.8, 4) is 5.75 Å². The summed E-state index contributed by atoms with van der Waals surface area (Å²) in [5.41, 5.74) is 3.04. The van der Waals surface area contributed by atoms with E-state index in [1.807, 2.05) is 39.0 Å². The van der Waals surface area contributed by atoms with Crippen molar-refractivity contribution < 1.29 is 14.5 Å². The van der Waals surface area contributed by atoms with Gasteiger partial charge in [0.25, 0.3) is 5.69 Å². The fourth-order valence-electron chi connectivity index (χ4n) is 2.55. The van der Waals surface area contributed by atoms with Crippen LogP contribution in [0, 0.1) is 24.0 Å². The summed E-state index contributed by atoms with van der Waals surface area (Å²) in [6, 6.07) is 9.52. The number of nitrogens with zero attached hydrogens (tertiary/aromatic N) is 1. The smallest absolute Gasteiger partial charge is 0.319 e. The van der Waals surface area contributed by atoms with Gasteiger partial charge in [-0.15, -0.1) is 0 Å². The molecule has 0 saturated carbocycles. The topological polar surface area (TPSA) is 93.5 Å². The van der Waals surface area contributed by atoms with Gasteiger partial charge in [-0.3, -0.25) is 10.1 Å². The first-order valence-electron chi connectivity index (χ1n) is 7.79. The van der Waals surface area contributed by atoms with Crippen LogP contribution >= 0.6 is 0 Å². The van der Waals surface area contributed by atoms with Crippen molar-refractivity contribution in [1.82, 2.24) is 5.32 Å². The van der Waals surface area contributed by atoms with Crippen LogP contribution in [0.4, 0.5) is 16.2 Å². The Hall–Kier alpha value is -3.09. The van der Waals surface area contributed by atoms with Crippen LogP contribution in [-0.4, -0.2) is 18.1 Å². The summed E-state index contributed by atoms with van der Waals surface area (Å²) in [5, 5.41) is 16.5. The van der Waals surface area contributed by atoms with Crippen LogP contribution in [0.15, 0.2) is 36.4 Å². The molecule has 1 atom stereocenters. The van der Waals surface area contributed by atoms with E-state index in [0.717, 1.165) is 16.7 Å². The molecule has 0 aliphatic heterocycles. The second-order valence-corrected chi connectivity index (χ2v) is 5.82. The van der Waals surface area contributed by atoms with Gasteiger partial charge in [-0.2, -0.15) is 0 Å². The van der Waals surface area contributed by atoms with Crippen LogP contribution in [-0.2, 0) is 0 Å². The van der Waals surface area contributed by atoms with E-state index in [9.17, 15) is 14.9 Å². The lowest BCUT2D eigenvalue weighted by atomic mass is 10.0. The third-order valence-electron chi connectivity index (χ3n) is 3.90. The quantitative estimate of drug-likeness (QED) is 0.631. The molecule has 2 aromatic rings. The van der Waals surface area contributed by atoms with Crippen molar-refractivity contribution in [2.24, 2.45) is 0 Å².